The van der Waals surface area contributed by atoms with Crippen molar-refractivity contribution in [1.29, 1.82) is 0 Å². The van der Waals surface area contributed by atoms with E-state index in [-0.39, 0.29) is 5.82 Å². The van der Waals surface area contributed by atoms with Crippen LogP contribution in [0.15, 0.2) is 24.3 Å². The van der Waals surface area contributed by atoms with Crippen molar-refractivity contribution >= 4 is 0 Å². The minimum absolute atomic E-state index is 0.147. The topological polar surface area (TPSA) is 29.3 Å². The van der Waals surface area contributed by atoms with E-state index in [4.69, 9.17) is 5.73 Å². The zero-order chi connectivity index (χ0) is 13.8. The first-order chi connectivity index (χ1) is 9.11. The van der Waals surface area contributed by atoms with Gasteiger partial charge in [-0.2, -0.15) is 0 Å². The monoisotopic (exact) mass is 264 g/mol. The van der Waals surface area contributed by atoms with Crippen LogP contribution >= 0.6 is 0 Å². The highest BCUT2D eigenvalue weighted by Crippen LogP contribution is 2.26. The molecule has 3 heteroatoms. The van der Waals surface area contributed by atoms with Gasteiger partial charge in [0, 0.05) is 24.7 Å². The second-order valence-corrected chi connectivity index (χ2v) is 5.80. The van der Waals surface area contributed by atoms with Gasteiger partial charge < -0.3 is 5.73 Å². The van der Waals surface area contributed by atoms with Crippen molar-refractivity contribution in [2.45, 2.75) is 57.7 Å². The maximum atomic E-state index is 13.2. The largest absolute Gasteiger partial charge is 0.329 e. The maximum absolute atomic E-state index is 13.2. The van der Waals surface area contributed by atoms with Crippen LogP contribution in [0, 0.1) is 5.82 Å². The van der Waals surface area contributed by atoms with Crippen LogP contribution in [0.25, 0.3) is 0 Å². The van der Waals surface area contributed by atoms with Gasteiger partial charge in [0.15, 0.2) is 0 Å². The highest BCUT2D eigenvalue weighted by atomic mass is 19.1. The number of likely N-dealkylation sites (tertiary alicyclic amines) is 1. The van der Waals surface area contributed by atoms with E-state index >= 15 is 0 Å². The zero-order valence-electron chi connectivity index (χ0n) is 12.0. The lowest BCUT2D eigenvalue weighted by Crippen LogP contribution is -2.53. The molecule has 1 aliphatic rings. The molecule has 2 N–H and O–H groups in total. The van der Waals surface area contributed by atoms with Crippen molar-refractivity contribution in [3.05, 3.63) is 35.6 Å². The van der Waals surface area contributed by atoms with Crippen molar-refractivity contribution in [1.82, 2.24) is 4.90 Å². The predicted octanol–water partition coefficient (Wildman–Crippen LogP) is 2.96. The van der Waals surface area contributed by atoms with Crippen molar-refractivity contribution in [2.24, 2.45) is 5.73 Å². The molecule has 3 unspecified atom stereocenters. The maximum Gasteiger partial charge on any atom is 0.123 e. The van der Waals surface area contributed by atoms with Gasteiger partial charge in [0.05, 0.1) is 0 Å². The van der Waals surface area contributed by atoms with E-state index in [1.165, 1.54) is 25.3 Å². The van der Waals surface area contributed by atoms with E-state index in [0.717, 1.165) is 18.5 Å². The van der Waals surface area contributed by atoms with Crippen LogP contribution in [0.2, 0.25) is 0 Å². The quantitative estimate of drug-likeness (QED) is 0.906. The summed E-state index contributed by atoms with van der Waals surface area (Å²) in [4.78, 5) is 2.54. The van der Waals surface area contributed by atoms with Gasteiger partial charge in [-0.1, -0.05) is 18.6 Å². The minimum atomic E-state index is -0.147. The first kappa shape index (κ1) is 14.5. The molecule has 1 heterocycles. The number of nitrogens with zero attached hydrogens (tertiary/aromatic N) is 1. The van der Waals surface area contributed by atoms with E-state index in [0.29, 0.717) is 18.1 Å². The third-order valence-corrected chi connectivity index (χ3v) is 4.29. The van der Waals surface area contributed by atoms with E-state index in [1.807, 2.05) is 6.07 Å². The van der Waals surface area contributed by atoms with Gasteiger partial charge >= 0.3 is 0 Å². The lowest BCUT2D eigenvalue weighted by molar-refractivity contribution is 0.0575. The highest BCUT2D eigenvalue weighted by molar-refractivity contribution is 5.17. The molecule has 0 bridgehead atoms. The van der Waals surface area contributed by atoms with Crippen LogP contribution in [-0.2, 0) is 6.42 Å². The molecule has 2 rings (SSSR count). The van der Waals surface area contributed by atoms with Crippen molar-refractivity contribution in [3.63, 3.8) is 0 Å². The number of rotatable bonds is 4. The fraction of sp³-hybridized carbons (Fsp3) is 0.625. The molecule has 0 spiro atoms. The molecule has 1 saturated heterocycles. The molecule has 3 atom stereocenters. The van der Waals surface area contributed by atoms with Gasteiger partial charge in [0.25, 0.3) is 0 Å². The summed E-state index contributed by atoms with van der Waals surface area (Å²) < 4.78 is 13.2. The summed E-state index contributed by atoms with van der Waals surface area (Å²) in [6.07, 6.45) is 4.59. The molecule has 0 saturated carbocycles. The Bertz CT molecular complexity index is 407. The third kappa shape index (κ3) is 3.54. The third-order valence-electron chi connectivity index (χ3n) is 4.29. The fourth-order valence-corrected chi connectivity index (χ4v) is 3.45. The second kappa shape index (κ2) is 6.49. The Morgan fingerprint density at radius 1 is 1.42 bits per heavy atom. The fourth-order valence-electron chi connectivity index (χ4n) is 3.45. The number of hydrogen-bond donors (Lipinski definition) is 1. The summed E-state index contributed by atoms with van der Waals surface area (Å²) in [6.45, 7) is 5.23. The molecule has 1 aliphatic heterocycles. The lowest BCUT2D eigenvalue weighted by Gasteiger charge is -2.44. The SMILES string of the molecule is CC1CCCC(CN)N1C(C)Cc1cccc(F)c1. The first-order valence-electron chi connectivity index (χ1n) is 7.33. The normalized spacial score (nSPS) is 26.3. The average molecular weight is 264 g/mol. The van der Waals surface area contributed by atoms with Crippen molar-refractivity contribution in [2.75, 3.05) is 6.54 Å². The van der Waals surface area contributed by atoms with Crippen LogP contribution in [0.3, 0.4) is 0 Å². The van der Waals surface area contributed by atoms with Crippen LogP contribution in [0.1, 0.15) is 38.7 Å². The Labute approximate surface area is 115 Å². The van der Waals surface area contributed by atoms with Gasteiger partial charge in [0.2, 0.25) is 0 Å². The standard InChI is InChI=1S/C16H25FN2/c1-12-5-3-8-16(11-18)19(12)13(2)9-14-6-4-7-15(17)10-14/h4,6-7,10,12-13,16H,3,5,8-9,11,18H2,1-2H3. The van der Waals surface area contributed by atoms with E-state index in [1.54, 1.807) is 12.1 Å². The first-order valence-corrected chi connectivity index (χ1v) is 7.33. The molecular formula is C16H25FN2. The second-order valence-electron chi connectivity index (χ2n) is 5.80. The Morgan fingerprint density at radius 3 is 2.89 bits per heavy atom. The van der Waals surface area contributed by atoms with Crippen molar-refractivity contribution < 1.29 is 4.39 Å². The highest BCUT2D eigenvalue weighted by Gasteiger charge is 2.30. The van der Waals surface area contributed by atoms with E-state index in [2.05, 4.69) is 18.7 Å². The summed E-state index contributed by atoms with van der Waals surface area (Å²) in [5.74, 6) is -0.147. The number of hydrogen-bond acceptors (Lipinski definition) is 2. The van der Waals surface area contributed by atoms with Crippen LogP contribution in [0.4, 0.5) is 4.39 Å². The molecule has 0 aromatic heterocycles. The molecule has 0 aliphatic carbocycles. The molecule has 1 aromatic carbocycles. The molecule has 0 radical (unpaired) electrons. The summed E-state index contributed by atoms with van der Waals surface area (Å²) in [6, 6.07) is 8.40. The van der Waals surface area contributed by atoms with Crippen LogP contribution < -0.4 is 5.73 Å². The smallest absolute Gasteiger partial charge is 0.123 e. The van der Waals surface area contributed by atoms with E-state index in [9.17, 15) is 4.39 Å². The number of benzene rings is 1. The Morgan fingerprint density at radius 2 is 2.21 bits per heavy atom. The number of piperidine rings is 1. The summed E-state index contributed by atoms with van der Waals surface area (Å²) in [5, 5.41) is 0. The molecule has 106 valence electrons. The van der Waals surface area contributed by atoms with Gasteiger partial charge in [-0.05, 0) is 50.8 Å². The van der Waals surface area contributed by atoms with Gasteiger partial charge in [0.1, 0.15) is 5.82 Å². The minimum Gasteiger partial charge on any atom is -0.329 e. The molecule has 1 aromatic rings. The lowest BCUT2D eigenvalue weighted by atomic mass is 9.92. The van der Waals surface area contributed by atoms with Crippen molar-refractivity contribution in [3.8, 4) is 0 Å². The Hall–Kier alpha value is -0.930. The summed E-state index contributed by atoms with van der Waals surface area (Å²) >= 11 is 0. The summed E-state index contributed by atoms with van der Waals surface area (Å²) in [5.41, 5.74) is 6.98. The Kier molecular flexibility index (Phi) is 4.94. The molecule has 1 fully saturated rings. The Balaban J connectivity index is 2.06. The summed E-state index contributed by atoms with van der Waals surface area (Å²) in [7, 11) is 0. The predicted molar refractivity (Wildman–Crippen MR) is 77.6 cm³/mol. The number of halogens is 1. The molecule has 19 heavy (non-hydrogen) atoms. The van der Waals surface area contributed by atoms with E-state index < -0.39 is 0 Å². The molecule has 2 nitrogen and oxygen atoms in total. The average Bonchev–Trinajstić information content (AvgIpc) is 2.38. The zero-order valence-corrected chi connectivity index (χ0v) is 12.0. The van der Waals surface area contributed by atoms with Gasteiger partial charge in [-0.3, -0.25) is 4.90 Å². The molecule has 0 amide bonds. The molecular weight excluding hydrogens is 239 g/mol. The van der Waals surface area contributed by atoms with Gasteiger partial charge in [-0.25, -0.2) is 4.39 Å². The van der Waals surface area contributed by atoms with Crippen LogP contribution in [-0.4, -0.2) is 29.6 Å². The van der Waals surface area contributed by atoms with Crippen LogP contribution in [0.5, 0.6) is 0 Å². The van der Waals surface area contributed by atoms with Gasteiger partial charge in [-0.15, -0.1) is 0 Å². The number of nitrogens with two attached hydrogens (primary N) is 1.